The normalized spacial score (nSPS) is 13.3. The first kappa shape index (κ1) is 14.7. The molecule has 0 fully saturated rings. The van der Waals surface area contributed by atoms with Crippen LogP contribution in [0.4, 0.5) is 11.6 Å². The Hall–Kier alpha value is -1.36. The first-order valence-electron chi connectivity index (χ1n) is 6.33. The fraction of sp³-hybridized carbons (Fsp3) is 0.692. The summed E-state index contributed by atoms with van der Waals surface area (Å²) >= 11 is 0. The molecule has 3 N–H and O–H groups in total. The standard InChI is InChI=1S/C13H24N4O/c1-7-14-11-8(2)12(16-10(4)15-11)17-13(5,6)9(3)18/h9,18H,7H2,1-6H3,(H2,14,15,16,17). The van der Waals surface area contributed by atoms with Crippen LogP contribution in [0, 0.1) is 13.8 Å². The van der Waals surface area contributed by atoms with Gasteiger partial charge >= 0.3 is 0 Å². The van der Waals surface area contributed by atoms with E-state index in [-0.39, 0.29) is 0 Å². The zero-order chi connectivity index (χ0) is 13.9. The average Bonchev–Trinajstić information content (AvgIpc) is 2.24. The van der Waals surface area contributed by atoms with Gasteiger partial charge in [0.25, 0.3) is 0 Å². The lowest BCUT2D eigenvalue weighted by Gasteiger charge is -2.31. The second-order valence-corrected chi connectivity index (χ2v) is 5.15. The minimum atomic E-state index is -0.477. The molecule has 1 aromatic rings. The van der Waals surface area contributed by atoms with Crippen molar-refractivity contribution in [2.24, 2.45) is 0 Å². The minimum absolute atomic E-state index is 0.435. The number of anilines is 2. The molecule has 0 radical (unpaired) electrons. The van der Waals surface area contributed by atoms with Crippen LogP contribution in [0.15, 0.2) is 0 Å². The highest BCUT2D eigenvalue weighted by Crippen LogP contribution is 2.24. The van der Waals surface area contributed by atoms with E-state index in [0.29, 0.717) is 5.82 Å². The molecule has 0 saturated heterocycles. The maximum atomic E-state index is 9.75. The summed E-state index contributed by atoms with van der Waals surface area (Å²) in [6, 6.07) is 0. The van der Waals surface area contributed by atoms with Crippen LogP contribution in [-0.2, 0) is 0 Å². The number of hydrogen-bond acceptors (Lipinski definition) is 5. The maximum Gasteiger partial charge on any atom is 0.135 e. The van der Waals surface area contributed by atoms with E-state index < -0.39 is 11.6 Å². The van der Waals surface area contributed by atoms with Crippen LogP contribution in [0.5, 0.6) is 0 Å². The summed E-state index contributed by atoms with van der Waals surface area (Å²) in [4.78, 5) is 8.78. The van der Waals surface area contributed by atoms with Crippen LogP contribution in [0.1, 0.15) is 39.1 Å². The van der Waals surface area contributed by atoms with Crippen molar-refractivity contribution in [3.05, 3.63) is 11.4 Å². The van der Waals surface area contributed by atoms with E-state index in [2.05, 4.69) is 20.6 Å². The summed E-state index contributed by atoms with van der Waals surface area (Å²) < 4.78 is 0. The molecule has 0 amide bonds. The number of nitrogens with zero attached hydrogens (tertiary/aromatic N) is 2. The molecule has 5 nitrogen and oxygen atoms in total. The summed E-state index contributed by atoms with van der Waals surface area (Å²) in [5.41, 5.74) is 0.533. The van der Waals surface area contributed by atoms with Gasteiger partial charge in [0.1, 0.15) is 17.5 Å². The van der Waals surface area contributed by atoms with Crippen LogP contribution in [0.2, 0.25) is 0 Å². The third-order valence-corrected chi connectivity index (χ3v) is 3.09. The van der Waals surface area contributed by atoms with E-state index in [9.17, 15) is 5.11 Å². The topological polar surface area (TPSA) is 70.1 Å². The van der Waals surface area contributed by atoms with Crippen LogP contribution >= 0.6 is 0 Å². The van der Waals surface area contributed by atoms with Gasteiger partial charge in [-0.15, -0.1) is 0 Å². The van der Waals surface area contributed by atoms with Crippen molar-refractivity contribution in [2.75, 3.05) is 17.2 Å². The number of aliphatic hydroxyl groups excluding tert-OH is 1. The molecule has 0 bridgehead atoms. The van der Waals surface area contributed by atoms with Crippen molar-refractivity contribution in [1.29, 1.82) is 0 Å². The third kappa shape index (κ3) is 3.32. The van der Waals surface area contributed by atoms with E-state index in [0.717, 1.165) is 23.7 Å². The highest BCUT2D eigenvalue weighted by Gasteiger charge is 2.25. The van der Waals surface area contributed by atoms with E-state index in [1.165, 1.54) is 0 Å². The smallest absolute Gasteiger partial charge is 0.135 e. The summed E-state index contributed by atoms with van der Waals surface area (Å²) in [5.74, 6) is 2.32. The third-order valence-electron chi connectivity index (χ3n) is 3.09. The van der Waals surface area contributed by atoms with Gasteiger partial charge in [0, 0.05) is 12.1 Å². The fourth-order valence-electron chi connectivity index (χ4n) is 1.50. The van der Waals surface area contributed by atoms with E-state index >= 15 is 0 Å². The van der Waals surface area contributed by atoms with Gasteiger partial charge in [0.05, 0.1) is 11.6 Å². The second kappa shape index (κ2) is 5.52. The molecular formula is C13H24N4O. The lowest BCUT2D eigenvalue weighted by atomic mass is 9.98. The molecule has 0 aliphatic heterocycles. The maximum absolute atomic E-state index is 9.75. The number of aliphatic hydroxyl groups is 1. The molecule has 1 aromatic heterocycles. The van der Waals surface area contributed by atoms with E-state index in [1.54, 1.807) is 6.92 Å². The van der Waals surface area contributed by atoms with Gasteiger partial charge in [-0.1, -0.05) is 0 Å². The Morgan fingerprint density at radius 2 is 1.78 bits per heavy atom. The minimum Gasteiger partial charge on any atom is -0.391 e. The predicted octanol–water partition coefficient (Wildman–Crippen LogP) is 2.10. The molecule has 0 aromatic carbocycles. The van der Waals surface area contributed by atoms with Crippen molar-refractivity contribution >= 4 is 11.6 Å². The summed E-state index contributed by atoms with van der Waals surface area (Å²) in [5, 5.41) is 16.3. The average molecular weight is 252 g/mol. The van der Waals surface area contributed by atoms with Crippen LogP contribution in [-0.4, -0.2) is 33.3 Å². The first-order valence-corrected chi connectivity index (χ1v) is 6.33. The molecule has 18 heavy (non-hydrogen) atoms. The monoisotopic (exact) mass is 252 g/mol. The Morgan fingerprint density at radius 1 is 1.22 bits per heavy atom. The molecule has 1 rings (SSSR count). The van der Waals surface area contributed by atoms with Gasteiger partial charge in [0.2, 0.25) is 0 Å². The van der Waals surface area contributed by atoms with E-state index in [1.807, 2.05) is 34.6 Å². The predicted molar refractivity (Wildman–Crippen MR) is 75.1 cm³/mol. The number of rotatable bonds is 5. The highest BCUT2D eigenvalue weighted by molar-refractivity contribution is 5.58. The van der Waals surface area contributed by atoms with Crippen LogP contribution in [0.3, 0.4) is 0 Å². The molecule has 1 heterocycles. The van der Waals surface area contributed by atoms with Crippen molar-refractivity contribution < 1.29 is 5.11 Å². The summed E-state index contributed by atoms with van der Waals surface area (Å²) in [6.45, 7) is 12.3. The van der Waals surface area contributed by atoms with Crippen LogP contribution < -0.4 is 10.6 Å². The molecule has 0 spiro atoms. The molecule has 1 atom stereocenters. The Labute approximate surface area is 109 Å². The fourth-order valence-corrected chi connectivity index (χ4v) is 1.50. The van der Waals surface area contributed by atoms with Crippen molar-refractivity contribution in [3.63, 3.8) is 0 Å². The molecule has 0 aliphatic rings. The summed E-state index contributed by atoms with van der Waals surface area (Å²) in [7, 11) is 0. The molecular weight excluding hydrogens is 228 g/mol. The Kier molecular flexibility index (Phi) is 4.51. The Balaban J connectivity index is 3.09. The molecule has 0 aliphatic carbocycles. The Morgan fingerprint density at radius 3 is 2.28 bits per heavy atom. The molecule has 102 valence electrons. The number of aryl methyl sites for hydroxylation is 1. The zero-order valence-electron chi connectivity index (χ0n) is 12.1. The number of nitrogens with one attached hydrogen (secondary N) is 2. The van der Waals surface area contributed by atoms with Gasteiger partial charge < -0.3 is 15.7 Å². The highest BCUT2D eigenvalue weighted by atomic mass is 16.3. The largest absolute Gasteiger partial charge is 0.391 e. The van der Waals surface area contributed by atoms with Crippen molar-refractivity contribution in [2.45, 2.75) is 53.2 Å². The zero-order valence-corrected chi connectivity index (χ0v) is 12.1. The van der Waals surface area contributed by atoms with Gasteiger partial charge in [-0.2, -0.15) is 0 Å². The molecule has 1 unspecified atom stereocenters. The van der Waals surface area contributed by atoms with Crippen LogP contribution in [0.25, 0.3) is 0 Å². The lowest BCUT2D eigenvalue weighted by Crippen LogP contribution is -2.42. The van der Waals surface area contributed by atoms with Gasteiger partial charge in [-0.3, -0.25) is 0 Å². The van der Waals surface area contributed by atoms with Gasteiger partial charge in [-0.25, -0.2) is 9.97 Å². The van der Waals surface area contributed by atoms with Crippen molar-refractivity contribution in [3.8, 4) is 0 Å². The molecule has 5 heteroatoms. The SMILES string of the molecule is CCNc1nc(C)nc(NC(C)(C)C(C)O)c1C. The van der Waals surface area contributed by atoms with E-state index in [4.69, 9.17) is 0 Å². The van der Waals surface area contributed by atoms with Gasteiger partial charge in [0.15, 0.2) is 0 Å². The summed E-state index contributed by atoms with van der Waals surface area (Å²) in [6.07, 6.45) is -0.477. The quantitative estimate of drug-likeness (QED) is 0.748. The second-order valence-electron chi connectivity index (χ2n) is 5.15. The van der Waals surface area contributed by atoms with Gasteiger partial charge in [-0.05, 0) is 41.5 Å². The molecule has 0 saturated carbocycles. The van der Waals surface area contributed by atoms with Crippen molar-refractivity contribution in [1.82, 2.24) is 9.97 Å². The first-order chi connectivity index (χ1) is 8.27. The number of aromatic nitrogens is 2. The Bertz CT molecular complexity index is 416. The lowest BCUT2D eigenvalue weighted by molar-refractivity contribution is 0.133. The number of hydrogen-bond donors (Lipinski definition) is 3.